The number of nitrogens with one attached hydrogen (secondary N) is 2. The van der Waals surface area contributed by atoms with Gasteiger partial charge in [-0.05, 0) is 52.1 Å². The first kappa shape index (κ1) is 21.3. The fraction of sp³-hybridized carbons (Fsp3) is 0.238. The molecule has 0 saturated heterocycles. The molecule has 0 radical (unpaired) electrons. The van der Waals surface area contributed by atoms with Crippen molar-refractivity contribution in [2.75, 3.05) is 17.5 Å². The predicted molar refractivity (Wildman–Crippen MR) is 117 cm³/mol. The first-order valence-corrected chi connectivity index (χ1v) is 11.9. The molecule has 6 nitrogen and oxygen atoms in total. The number of aromatic hydroxyl groups is 1. The smallest absolute Gasteiger partial charge is 0.229 e. The molecule has 0 amide bonds. The van der Waals surface area contributed by atoms with Gasteiger partial charge in [0.15, 0.2) is 0 Å². The number of rotatable bonds is 9. The van der Waals surface area contributed by atoms with Gasteiger partial charge >= 0.3 is 0 Å². The van der Waals surface area contributed by atoms with Gasteiger partial charge in [0.25, 0.3) is 0 Å². The van der Waals surface area contributed by atoms with E-state index in [1.54, 1.807) is 17.4 Å². The fourth-order valence-corrected chi connectivity index (χ4v) is 4.32. The van der Waals surface area contributed by atoms with Crippen molar-refractivity contribution in [2.24, 2.45) is 0 Å². The molecular weight excluding hydrogens is 408 g/mol. The molecule has 3 rings (SSSR count). The van der Waals surface area contributed by atoms with Gasteiger partial charge in [-0.1, -0.05) is 36.4 Å². The van der Waals surface area contributed by atoms with Crippen LogP contribution in [0.25, 0.3) is 0 Å². The maximum absolute atomic E-state index is 11.5. The average molecular weight is 433 g/mol. The summed E-state index contributed by atoms with van der Waals surface area (Å²) in [5.74, 6) is -0.195. The fourth-order valence-electron chi connectivity index (χ4n) is 3.05. The predicted octanol–water partition coefficient (Wildman–Crippen LogP) is 3.43. The van der Waals surface area contributed by atoms with Crippen LogP contribution in [0.2, 0.25) is 0 Å². The Bertz CT molecular complexity index is 1020. The van der Waals surface area contributed by atoms with E-state index < -0.39 is 16.1 Å². The highest BCUT2D eigenvalue weighted by atomic mass is 32.2. The Morgan fingerprint density at radius 2 is 1.83 bits per heavy atom. The van der Waals surface area contributed by atoms with Crippen LogP contribution in [0.15, 0.2) is 65.4 Å². The minimum atomic E-state index is -3.54. The topological polar surface area (TPSA) is 98.7 Å². The Labute approximate surface area is 174 Å². The first-order valence-electron chi connectivity index (χ1n) is 9.10. The Kier molecular flexibility index (Phi) is 6.92. The second-order valence-corrected chi connectivity index (χ2v) is 9.40. The SMILES string of the molecule is CS(=O)(=O)Nc1cc([C@@H](O)CNC(Cc2ccccc2)c2ccsc2)ccc1O. The maximum Gasteiger partial charge on any atom is 0.229 e. The molecule has 8 heteroatoms. The van der Waals surface area contributed by atoms with Crippen LogP contribution < -0.4 is 10.0 Å². The average Bonchev–Trinajstić information content (AvgIpc) is 3.21. The summed E-state index contributed by atoms with van der Waals surface area (Å²) >= 11 is 1.62. The Balaban J connectivity index is 1.71. The van der Waals surface area contributed by atoms with Gasteiger partial charge in [0.05, 0.1) is 18.0 Å². The molecule has 0 aliphatic heterocycles. The third kappa shape index (κ3) is 6.30. The monoisotopic (exact) mass is 432 g/mol. The van der Waals surface area contributed by atoms with Gasteiger partial charge < -0.3 is 15.5 Å². The molecule has 154 valence electrons. The van der Waals surface area contributed by atoms with E-state index in [9.17, 15) is 18.6 Å². The second-order valence-electron chi connectivity index (χ2n) is 6.87. The molecule has 1 heterocycles. The van der Waals surface area contributed by atoms with Gasteiger partial charge in [0, 0.05) is 12.6 Å². The number of aliphatic hydroxyl groups is 1. The number of sulfonamides is 1. The van der Waals surface area contributed by atoms with E-state index in [1.807, 2.05) is 23.6 Å². The van der Waals surface area contributed by atoms with Crippen molar-refractivity contribution in [1.29, 1.82) is 0 Å². The number of aliphatic hydroxyl groups excluding tert-OH is 1. The summed E-state index contributed by atoms with van der Waals surface area (Å²) in [5.41, 5.74) is 2.89. The van der Waals surface area contributed by atoms with Crippen LogP contribution in [-0.4, -0.2) is 31.4 Å². The van der Waals surface area contributed by atoms with Crippen molar-refractivity contribution in [2.45, 2.75) is 18.6 Å². The number of benzene rings is 2. The molecule has 0 saturated carbocycles. The van der Waals surface area contributed by atoms with Gasteiger partial charge in [-0.15, -0.1) is 0 Å². The zero-order valence-electron chi connectivity index (χ0n) is 15.9. The van der Waals surface area contributed by atoms with E-state index in [0.717, 1.165) is 18.2 Å². The highest BCUT2D eigenvalue weighted by Crippen LogP contribution is 2.28. The molecule has 3 aromatic rings. The van der Waals surface area contributed by atoms with Crippen LogP contribution in [0.4, 0.5) is 5.69 Å². The van der Waals surface area contributed by atoms with E-state index in [4.69, 9.17) is 0 Å². The lowest BCUT2D eigenvalue weighted by molar-refractivity contribution is 0.169. The van der Waals surface area contributed by atoms with Gasteiger partial charge in [0.2, 0.25) is 10.0 Å². The van der Waals surface area contributed by atoms with Crippen molar-refractivity contribution in [1.82, 2.24) is 5.32 Å². The van der Waals surface area contributed by atoms with Gasteiger partial charge in [-0.2, -0.15) is 11.3 Å². The van der Waals surface area contributed by atoms with Crippen LogP contribution in [0, 0.1) is 0 Å². The highest BCUT2D eigenvalue weighted by Gasteiger charge is 2.17. The van der Waals surface area contributed by atoms with E-state index >= 15 is 0 Å². The number of thiophene rings is 1. The number of phenolic OH excluding ortho intramolecular Hbond substituents is 1. The summed E-state index contributed by atoms with van der Waals surface area (Å²) in [6.07, 6.45) is 0.917. The largest absolute Gasteiger partial charge is 0.506 e. The number of anilines is 1. The van der Waals surface area contributed by atoms with Gasteiger partial charge in [-0.3, -0.25) is 4.72 Å². The van der Waals surface area contributed by atoms with Gasteiger partial charge in [-0.25, -0.2) is 8.42 Å². The second kappa shape index (κ2) is 9.41. The van der Waals surface area contributed by atoms with E-state index in [0.29, 0.717) is 5.56 Å². The summed E-state index contributed by atoms with van der Waals surface area (Å²) in [5, 5.41) is 28.0. The zero-order chi connectivity index (χ0) is 20.9. The van der Waals surface area contributed by atoms with Crippen LogP contribution in [-0.2, 0) is 16.4 Å². The lowest BCUT2D eigenvalue weighted by Gasteiger charge is -2.21. The highest BCUT2D eigenvalue weighted by molar-refractivity contribution is 7.92. The molecule has 0 bridgehead atoms. The lowest BCUT2D eigenvalue weighted by atomic mass is 10.0. The molecule has 2 atom stereocenters. The molecule has 2 aromatic carbocycles. The van der Waals surface area contributed by atoms with Crippen LogP contribution in [0.3, 0.4) is 0 Å². The number of hydrogen-bond donors (Lipinski definition) is 4. The van der Waals surface area contributed by atoms with Crippen molar-refractivity contribution in [3.05, 3.63) is 82.0 Å². The zero-order valence-corrected chi connectivity index (χ0v) is 17.6. The normalized spacial score (nSPS) is 13.7. The summed E-state index contributed by atoms with van der Waals surface area (Å²) in [6, 6.07) is 16.6. The summed E-state index contributed by atoms with van der Waals surface area (Å²) in [6.45, 7) is 0.274. The molecule has 4 N–H and O–H groups in total. The third-order valence-electron chi connectivity index (χ3n) is 4.49. The minimum Gasteiger partial charge on any atom is -0.506 e. The van der Waals surface area contributed by atoms with E-state index in [2.05, 4.69) is 33.6 Å². The molecule has 0 aliphatic carbocycles. The molecular formula is C21H24N2O4S2. The minimum absolute atomic E-state index is 0.0315. The third-order valence-corrected chi connectivity index (χ3v) is 5.78. The van der Waals surface area contributed by atoms with Crippen LogP contribution >= 0.6 is 11.3 Å². The summed E-state index contributed by atoms with van der Waals surface area (Å²) in [4.78, 5) is 0. The standard InChI is InChI=1S/C21H24N2O4S2/c1-29(26,27)23-19-12-16(7-8-20(19)24)21(25)13-22-18(17-9-10-28-14-17)11-15-5-3-2-4-6-15/h2-10,12,14,18,21-25H,11,13H2,1H3/t18?,21-/m0/s1. The van der Waals surface area contributed by atoms with Crippen molar-refractivity contribution < 1.29 is 18.6 Å². The Hall–Kier alpha value is -2.39. The summed E-state index contributed by atoms with van der Waals surface area (Å²) < 4.78 is 25.2. The van der Waals surface area contributed by atoms with E-state index in [1.165, 1.54) is 17.7 Å². The maximum atomic E-state index is 11.5. The van der Waals surface area contributed by atoms with Crippen LogP contribution in [0.5, 0.6) is 5.75 Å². The lowest BCUT2D eigenvalue weighted by Crippen LogP contribution is -2.28. The number of phenols is 1. The van der Waals surface area contributed by atoms with Crippen LogP contribution in [0.1, 0.15) is 28.8 Å². The molecule has 0 fully saturated rings. The van der Waals surface area contributed by atoms with Crippen molar-refractivity contribution in [3.63, 3.8) is 0 Å². The number of hydrogen-bond acceptors (Lipinski definition) is 6. The van der Waals surface area contributed by atoms with Crippen molar-refractivity contribution in [3.8, 4) is 5.75 Å². The Morgan fingerprint density at radius 3 is 2.48 bits per heavy atom. The Morgan fingerprint density at radius 1 is 1.07 bits per heavy atom. The molecule has 0 spiro atoms. The van der Waals surface area contributed by atoms with Gasteiger partial charge in [0.1, 0.15) is 5.75 Å². The molecule has 1 unspecified atom stereocenters. The quantitative estimate of drug-likeness (QED) is 0.388. The molecule has 29 heavy (non-hydrogen) atoms. The van der Waals surface area contributed by atoms with E-state index in [-0.39, 0.29) is 24.0 Å². The first-order chi connectivity index (χ1) is 13.8. The molecule has 0 aliphatic rings. The summed E-state index contributed by atoms with van der Waals surface area (Å²) in [7, 11) is -3.54. The molecule has 1 aromatic heterocycles. The van der Waals surface area contributed by atoms with Crippen molar-refractivity contribution >= 4 is 27.0 Å².